The Labute approximate surface area is 232 Å². The quantitative estimate of drug-likeness (QED) is 0.280. The van der Waals surface area contributed by atoms with E-state index in [1.165, 1.54) is 51.6 Å². The third-order valence-corrected chi connectivity index (χ3v) is 13.3. The van der Waals surface area contributed by atoms with Crippen LogP contribution in [0.3, 0.4) is 0 Å². The topological polar surface area (TPSA) is 69.6 Å². The molecule has 38 heavy (non-hydrogen) atoms. The number of aliphatic hydroxyl groups excluding tert-OH is 2. The summed E-state index contributed by atoms with van der Waals surface area (Å²) in [7, 11) is 0. The molecule has 1 saturated heterocycles. The molecule has 10 atom stereocenters. The summed E-state index contributed by atoms with van der Waals surface area (Å²) >= 11 is 0. The zero-order valence-corrected chi connectivity index (χ0v) is 24.7. The van der Waals surface area contributed by atoms with Gasteiger partial charge in [0.2, 0.25) is 5.91 Å². The number of nitrogens with one attached hydrogen (secondary N) is 1. The largest absolute Gasteiger partial charge is 0.393 e. The first-order valence-electron chi connectivity index (χ1n) is 16.2. The standard InChI is InChI=1S/C33H56N2O3/c1-5-17-35(18-6-7-19-35)20-16-34-31(38)13-8-23(2)27-11-12-28-26-10-9-24-21-25(36)14-15-32(24,3)29(26)22-30(37)33(27,28)4/h5,23-30,36-37H,1,6-22H2,2-4H3/p+1/t23-,24?,25-,26?,27-,28?,29?,30+,32+,33-/m1/s1. The maximum Gasteiger partial charge on any atom is 0.220 e. The Balaban J connectivity index is 1.16. The minimum Gasteiger partial charge on any atom is -0.393 e. The van der Waals surface area contributed by atoms with Crippen molar-refractivity contribution >= 4 is 5.91 Å². The summed E-state index contributed by atoms with van der Waals surface area (Å²) in [6.45, 7) is 16.4. The molecule has 0 aromatic heterocycles. The van der Waals surface area contributed by atoms with Gasteiger partial charge >= 0.3 is 0 Å². The average Bonchev–Trinajstić information content (AvgIpc) is 3.49. The van der Waals surface area contributed by atoms with Crippen LogP contribution in [0.4, 0.5) is 0 Å². The SMILES string of the molecule is C=CC[N+]1(CCNC(=O)CC[C@@H](C)[C@H]2CCC3C4CCC5C[C@H](O)CC[C@]5(C)C4C[C@H](O)[C@@]32C)CCCC1. The molecule has 5 nitrogen and oxygen atoms in total. The lowest BCUT2D eigenvalue weighted by atomic mass is 9.43. The van der Waals surface area contributed by atoms with Crippen molar-refractivity contribution in [3.05, 3.63) is 12.7 Å². The predicted molar refractivity (Wildman–Crippen MR) is 153 cm³/mol. The molecule has 5 aliphatic rings. The van der Waals surface area contributed by atoms with Gasteiger partial charge in [0.05, 0.1) is 44.9 Å². The smallest absolute Gasteiger partial charge is 0.220 e. The first-order chi connectivity index (χ1) is 18.1. The van der Waals surface area contributed by atoms with Gasteiger partial charge in [-0.25, -0.2) is 0 Å². The predicted octanol–water partition coefficient (Wildman–Crippen LogP) is 5.31. The highest BCUT2D eigenvalue weighted by Crippen LogP contribution is 2.68. The third kappa shape index (κ3) is 5.02. The van der Waals surface area contributed by atoms with Crippen LogP contribution in [0.5, 0.6) is 0 Å². The number of likely N-dealkylation sites (tertiary alicyclic amines) is 1. The van der Waals surface area contributed by atoms with Gasteiger partial charge in [-0.15, -0.1) is 0 Å². The van der Waals surface area contributed by atoms with Crippen molar-refractivity contribution in [2.75, 3.05) is 32.7 Å². The number of rotatable bonds is 9. The second-order valence-electron chi connectivity index (χ2n) is 14.9. The van der Waals surface area contributed by atoms with Crippen LogP contribution in [-0.4, -0.2) is 65.5 Å². The molecule has 5 rings (SSSR count). The molecule has 1 heterocycles. The summed E-state index contributed by atoms with van der Waals surface area (Å²) in [4.78, 5) is 12.8. The van der Waals surface area contributed by atoms with Gasteiger partial charge in [-0.1, -0.05) is 27.4 Å². The number of carbonyl (C=O) groups is 1. The van der Waals surface area contributed by atoms with Gasteiger partial charge in [-0.2, -0.15) is 0 Å². The van der Waals surface area contributed by atoms with E-state index in [1.807, 2.05) is 6.08 Å². The minimum atomic E-state index is -0.245. The number of nitrogens with zero attached hydrogens (tertiary/aromatic N) is 1. The number of quaternary nitrogens is 1. The third-order valence-electron chi connectivity index (χ3n) is 13.3. The number of fused-ring (bicyclic) bond motifs is 5. The fraction of sp³-hybridized carbons (Fsp3) is 0.909. The zero-order chi connectivity index (χ0) is 27.1. The lowest BCUT2D eigenvalue weighted by Gasteiger charge is -2.62. The number of hydrogen-bond donors (Lipinski definition) is 3. The Bertz CT molecular complexity index is 855. The Morgan fingerprint density at radius 3 is 2.58 bits per heavy atom. The van der Waals surface area contributed by atoms with Crippen LogP contribution in [0.2, 0.25) is 0 Å². The number of hydrogen-bond acceptors (Lipinski definition) is 3. The Hall–Kier alpha value is -0.910. The summed E-state index contributed by atoms with van der Waals surface area (Å²) in [5, 5.41) is 25.3. The lowest BCUT2D eigenvalue weighted by Crippen LogP contribution is -2.58. The van der Waals surface area contributed by atoms with Crippen LogP contribution in [0, 0.1) is 46.3 Å². The van der Waals surface area contributed by atoms with Crippen molar-refractivity contribution in [3.8, 4) is 0 Å². The van der Waals surface area contributed by atoms with E-state index < -0.39 is 0 Å². The summed E-state index contributed by atoms with van der Waals surface area (Å²) in [6, 6.07) is 0. The van der Waals surface area contributed by atoms with Gasteiger partial charge in [-0.3, -0.25) is 4.79 Å². The van der Waals surface area contributed by atoms with Gasteiger partial charge in [0.1, 0.15) is 0 Å². The van der Waals surface area contributed by atoms with Crippen molar-refractivity contribution in [3.63, 3.8) is 0 Å². The van der Waals surface area contributed by atoms with Gasteiger partial charge in [-0.05, 0) is 110 Å². The maximum absolute atomic E-state index is 12.8. The minimum absolute atomic E-state index is 0.0224. The Morgan fingerprint density at radius 1 is 1.08 bits per heavy atom. The fourth-order valence-electron chi connectivity index (χ4n) is 11.0. The molecule has 1 aliphatic heterocycles. The molecule has 0 aromatic carbocycles. The van der Waals surface area contributed by atoms with E-state index in [0.717, 1.165) is 62.1 Å². The van der Waals surface area contributed by atoms with Crippen LogP contribution >= 0.6 is 0 Å². The molecule has 4 aliphatic carbocycles. The van der Waals surface area contributed by atoms with E-state index in [2.05, 4.69) is 32.7 Å². The molecule has 0 bridgehead atoms. The molecule has 216 valence electrons. The molecule has 0 spiro atoms. The normalized spacial score (nSPS) is 44.5. The molecule has 1 amide bonds. The highest BCUT2D eigenvalue weighted by molar-refractivity contribution is 5.75. The van der Waals surface area contributed by atoms with E-state index in [0.29, 0.717) is 36.0 Å². The summed E-state index contributed by atoms with van der Waals surface area (Å²) < 4.78 is 1.09. The fourth-order valence-corrected chi connectivity index (χ4v) is 11.0. The van der Waals surface area contributed by atoms with Crippen LogP contribution in [0.25, 0.3) is 0 Å². The van der Waals surface area contributed by atoms with Crippen LogP contribution in [-0.2, 0) is 4.79 Å². The molecule has 5 fully saturated rings. The number of amides is 1. The van der Waals surface area contributed by atoms with Gasteiger partial charge in [0, 0.05) is 19.3 Å². The zero-order valence-electron chi connectivity index (χ0n) is 24.7. The van der Waals surface area contributed by atoms with Crippen molar-refractivity contribution in [1.82, 2.24) is 5.32 Å². The molecule has 4 unspecified atom stereocenters. The first kappa shape index (κ1) is 28.6. The molecule has 3 N–H and O–H groups in total. The Kier molecular flexibility index (Phi) is 8.41. The number of aliphatic hydroxyl groups is 2. The highest BCUT2D eigenvalue weighted by Gasteiger charge is 2.63. The van der Waals surface area contributed by atoms with E-state index in [1.54, 1.807) is 0 Å². The van der Waals surface area contributed by atoms with Gasteiger partial charge < -0.3 is 20.0 Å². The van der Waals surface area contributed by atoms with Gasteiger partial charge in [0.15, 0.2) is 0 Å². The number of carbonyl (C=O) groups excluding carboxylic acids is 1. The Morgan fingerprint density at radius 2 is 1.84 bits per heavy atom. The van der Waals surface area contributed by atoms with E-state index in [-0.39, 0.29) is 28.9 Å². The second kappa shape index (κ2) is 11.2. The summed E-state index contributed by atoms with van der Waals surface area (Å²) in [6.07, 6.45) is 14.7. The van der Waals surface area contributed by atoms with Crippen LogP contribution in [0.1, 0.15) is 97.8 Å². The van der Waals surface area contributed by atoms with Crippen LogP contribution < -0.4 is 5.32 Å². The van der Waals surface area contributed by atoms with Crippen molar-refractivity contribution in [1.29, 1.82) is 0 Å². The van der Waals surface area contributed by atoms with E-state index in [9.17, 15) is 15.0 Å². The first-order valence-corrected chi connectivity index (χ1v) is 16.2. The monoisotopic (exact) mass is 529 g/mol. The van der Waals surface area contributed by atoms with Crippen LogP contribution in [0.15, 0.2) is 12.7 Å². The molecular formula is C33H57N2O3+. The highest BCUT2D eigenvalue weighted by atomic mass is 16.3. The lowest BCUT2D eigenvalue weighted by molar-refractivity contribution is -0.910. The molecule has 0 radical (unpaired) electrons. The molecule has 0 aromatic rings. The van der Waals surface area contributed by atoms with E-state index >= 15 is 0 Å². The average molecular weight is 530 g/mol. The van der Waals surface area contributed by atoms with E-state index in [4.69, 9.17) is 0 Å². The molecule has 5 heteroatoms. The van der Waals surface area contributed by atoms with Crippen molar-refractivity contribution in [2.24, 2.45) is 46.3 Å². The second-order valence-corrected chi connectivity index (χ2v) is 14.9. The summed E-state index contributed by atoms with van der Waals surface area (Å²) in [5.74, 6) is 3.70. The van der Waals surface area contributed by atoms with Crippen molar-refractivity contribution in [2.45, 2.75) is 110 Å². The van der Waals surface area contributed by atoms with Gasteiger partial charge in [0.25, 0.3) is 0 Å². The maximum atomic E-state index is 12.8. The van der Waals surface area contributed by atoms with Crippen molar-refractivity contribution < 1.29 is 19.5 Å². The summed E-state index contributed by atoms with van der Waals surface area (Å²) in [5.41, 5.74) is 0.263. The molecular weight excluding hydrogens is 472 g/mol. The molecule has 4 saturated carbocycles.